The summed E-state index contributed by atoms with van der Waals surface area (Å²) in [5.74, 6) is -2.43. The van der Waals surface area contributed by atoms with E-state index in [-0.39, 0.29) is 17.1 Å². The number of aliphatic hydroxyl groups excluding tert-OH is 1. The molecule has 0 spiro atoms. The van der Waals surface area contributed by atoms with E-state index in [0.29, 0.717) is 6.42 Å². The van der Waals surface area contributed by atoms with Crippen LogP contribution in [0.5, 0.6) is 0 Å². The highest BCUT2D eigenvalue weighted by Gasteiger charge is 2.42. The van der Waals surface area contributed by atoms with E-state index in [1.165, 1.54) is 20.1 Å². The first-order chi connectivity index (χ1) is 9.86. The molecule has 0 fully saturated rings. The highest BCUT2D eigenvalue weighted by Crippen LogP contribution is 2.37. The Morgan fingerprint density at radius 2 is 1.95 bits per heavy atom. The lowest BCUT2D eigenvalue weighted by atomic mass is 9.77. The topological polar surface area (TPSA) is 87.0 Å². The number of carbonyl (C=O) groups is 1. The van der Waals surface area contributed by atoms with Crippen molar-refractivity contribution in [2.45, 2.75) is 18.9 Å². The van der Waals surface area contributed by atoms with Gasteiger partial charge >= 0.3 is 5.97 Å². The second-order valence-electron chi connectivity index (χ2n) is 5.25. The average Bonchev–Trinajstić information content (AvgIpc) is 2.43. The second kappa shape index (κ2) is 5.61. The van der Waals surface area contributed by atoms with Gasteiger partial charge in [0.1, 0.15) is 17.1 Å². The van der Waals surface area contributed by atoms with Gasteiger partial charge in [0.2, 0.25) is 0 Å². The number of ether oxygens (including phenoxy) is 1. The number of rotatable bonds is 4. The smallest absolute Gasteiger partial charge is 0.342 e. The fraction of sp³-hybridized carbons (Fsp3) is 0.312. The molecular formula is C16H18O5. The molecule has 0 saturated heterocycles. The molecule has 112 valence electrons. The Labute approximate surface area is 122 Å². The van der Waals surface area contributed by atoms with Crippen molar-refractivity contribution in [3.8, 4) is 0 Å². The molecule has 0 aliphatic heterocycles. The predicted molar refractivity (Wildman–Crippen MR) is 76.6 cm³/mol. The fourth-order valence-corrected chi connectivity index (χ4v) is 2.54. The van der Waals surface area contributed by atoms with E-state index in [9.17, 15) is 20.1 Å². The van der Waals surface area contributed by atoms with Crippen LogP contribution in [-0.2, 0) is 16.0 Å². The van der Waals surface area contributed by atoms with Gasteiger partial charge in [0.05, 0.1) is 18.6 Å². The summed E-state index contributed by atoms with van der Waals surface area (Å²) in [6.07, 6.45) is 1.66. The predicted octanol–water partition coefficient (Wildman–Crippen LogP) is 2.04. The molecule has 1 aliphatic carbocycles. The first-order valence-electron chi connectivity index (χ1n) is 6.56. The molecule has 0 aromatic heterocycles. The van der Waals surface area contributed by atoms with Crippen molar-refractivity contribution in [3.63, 3.8) is 0 Å². The van der Waals surface area contributed by atoms with Crippen LogP contribution in [0, 0.1) is 5.92 Å². The lowest BCUT2D eigenvalue weighted by Crippen LogP contribution is -2.40. The second-order valence-corrected chi connectivity index (χ2v) is 5.25. The molecule has 0 bridgehead atoms. The minimum atomic E-state index is -1.40. The minimum Gasteiger partial charge on any atom is -0.511 e. The van der Waals surface area contributed by atoms with Crippen LogP contribution < -0.4 is 0 Å². The summed E-state index contributed by atoms with van der Waals surface area (Å²) in [5.41, 5.74) is -0.803. The summed E-state index contributed by atoms with van der Waals surface area (Å²) in [7, 11) is 1.30. The lowest BCUT2D eigenvalue weighted by molar-refractivity contribution is -0.133. The molecule has 2 unspecified atom stereocenters. The van der Waals surface area contributed by atoms with Gasteiger partial charge in [0, 0.05) is 0 Å². The van der Waals surface area contributed by atoms with Gasteiger partial charge in [-0.1, -0.05) is 30.3 Å². The van der Waals surface area contributed by atoms with Crippen molar-refractivity contribution in [1.82, 2.24) is 0 Å². The van der Waals surface area contributed by atoms with Crippen molar-refractivity contribution in [2.24, 2.45) is 5.92 Å². The van der Waals surface area contributed by atoms with Gasteiger partial charge < -0.3 is 20.1 Å². The Morgan fingerprint density at radius 3 is 2.48 bits per heavy atom. The minimum absolute atomic E-state index is 0.0330. The molecule has 3 N–H and O–H groups in total. The maximum Gasteiger partial charge on any atom is 0.342 e. The Balaban J connectivity index is 2.44. The summed E-state index contributed by atoms with van der Waals surface area (Å²) in [6, 6.07) is 9.28. The van der Waals surface area contributed by atoms with Gasteiger partial charge in [0.25, 0.3) is 0 Å². The van der Waals surface area contributed by atoms with Crippen LogP contribution in [0.4, 0.5) is 0 Å². The van der Waals surface area contributed by atoms with Crippen LogP contribution in [0.3, 0.4) is 0 Å². The van der Waals surface area contributed by atoms with E-state index in [1.54, 1.807) is 0 Å². The van der Waals surface area contributed by atoms with Gasteiger partial charge in [-0.15, -0.1) is 0 Å². The van der Waals surface area contributed by atoms with E-state index >= 15 is 0 Å². The summed E-state index contributed by atoms with van der Waals surface area (Å²) >= 11 is 0. The van der Waals surface area contributed by atoms with Gasteiger partial charge in [-0.3, -0.25) is 0 Å². The number of benzene rings is 1. The SMILES string of the molecule is COC1=CC(C)(O)C(Cc2ccccc2)C(O)=C1C(=O)O. The van der Waals surface area contributed by atoms with Crippen LogP contribution in [0.15, 0.2) is 53.5 Å². The Morgan fingerprint density at radius 1 is 1.33 bits per heavy atom. The normalized spacial score (nSPS) is 25.5. The number of carboxylic acids is 1. The molecule has 5 nitrogen and oxygen atoms in total. The Hall–Kier alpha value is -2.27. The number of hydrogen-bond acceptors (Lipinski definition) is 4. The molecule has 0 radical (unpaired) electrons. The molecule has 2 atom stereocenters. The van der Waals surface area contributed by atoms with E-state index in [0.717, 1.165) is 5.56 Å². The fourth-order valence-electron chi connectivity index (χ4n) is 2.54. The summed E-state index contributed by atoms with van der Waals surface area (Å²) in [6.45, 7) is 1.52. The van der Waals surface area contributed by atoms with Crippen LogP contribution >= 0.6 is 0 Å². The first kappa shape index (κ1) is 15.1. The standard InChI is InChI=1S/C16H18O5/c1-16(20)9-12(21-2)13(15(18)19)14(17)11(16)8-10-6-4-3-5-7-10/h3-7,9,11,17,20H,8H2,1-2H3,(H,18,19). The lowest BCUT2D eigenvalue weighted by Gasteiger charge is -2.34. The number of carboxylic acid groups (broad SMARTS) is 1. The molecule has 5 heteroatoms. The van der Waals surface area contributed by atoms with Crippen LogP contribution in [0.2, 0.25) is 0 Å². The van der Waals surface area contributed by atoms with Gasteiger partial charge in [-0.25, -0.2) is 4.79 Å². The highest BCUT2D eigenvalue weighted by atomic mass is 16.5. The summed E-state index contributed by atoms with van der Waals surface area (Å²) in [5, 5.41) is 30.1. The van der Waals surface area contributed by atoms with Crippen LogP contribution in [0.1, 0.15) is 12.5 Å². The summed E-state index contributed by atoms with van der Waals surface area (Å²) < 4.78 is 4.97. The third kappa shape index (κ3) is 2.92. The largest absolute Gasteiger partial charge is 0.511 e. The molecule has 2 rings (SSSR count). The molecule has 1 aromatic carbocycles. The Kier molecular flexibility index (Phi) is 4.04. The quantitative estimate of drug-likeness (QED) is 0.790. The van der Waals surface area contributed by atoms with E-state index in [1.807, 2.05) is 30.3 Å². The zero-order chi connectivity index (χ0) is 15.6. The number of aliphatic carboxylic acids is 1. The number of hydrogen-bond donors (Lipinski definition) is 3. The third-order valence-electron chi connectivity index (χ3n) is 3.68. The zero-order valence-corrected chi connectivity index (χ0v) is 11.9. The molecule has 21 heavy (non-hydrogen) atoms. The maximum atomic E-state index is 11.3. The monoisotopic (exact) mass is 290 g/mol. The average molecular weight is 290 g/mol. The molecule has 1 aliphatic rings. The van der Waals surface area contributed by atoms with Gasteiger partial charge in [-0.05, 0) is 25.0 Å². The van der Waals surface area contributed by atoms with E-state index in [2.05, 4.69) is 0 Å². The van der Waals surface area contributed by atoms with Crippen LogP contribution in [0.25, 0.3) is 0 Å². The number of aliphatic hydroxyl groups is 2. The van der Waals surface area contributed by atoms with Crippen molar-refractivity contribution in [2.75, 3.05) is 7.11 Å². The highest BCUT2D eigenvalue weighted by molar-refractivity contribution is 5.92. The molecule has 0 heterocycles. The maximum absolute atomic E-state index is 11.3. The zero-order valence-electron chi connectivity index (χ0n) is 11.9. The van der Waals surface area contributed by atoms with E-state index in [4.69, 9.17) is 4.74 Å². The number of methoxy groups -OCH3 is 1. The van der Waals surface area contributed by atoms with Gasteiger partial charge in [-0.2, -0.15) is 0 Å². The first-order valence-corrected chi connectivity index (χ1v) is 6.56. The molecular weight excluding hydrogens is 272 g/mol. The van der Waals surface area contributed by atoms with Crippen molar-refractivity contribution in [3.05, 3.63) is 59.1 Å². The van der Waals surface area contributed by atoms with Crippen molar-refractivity contribution in [1.29, 1.82) is 0 Å². The molecule has 0 amide bonds. The third-order valence-corrected chi connectivity index (χ3v) is 3.68. The van der Waals surface area contributed by atoms with Crippen LogP contribution in [-0.4, -0.2) is 34.0 Å². The molecule has 0 saturated carbocycles. The summed E-state index contributed by atoms with van der Waals surface area (Å²) in [4.78, 5) is 11.3. The van der Waals surface area contributed by atoms with E-state index < -0.39 is 17.5 Å². The van der Waals surface area contributed by atoms with Crippen molar-refractivity contribution >= 4 is 5.97 Å². The Bertz CT molecular complexity index is 598. The van der Waals surface area contributed by atoms with Crippen molar-refractivity contribution < 1.29 is 24.9 Å². The van der Waals surface area contributed by atoms with Gasteiger partial charge in [0.15, 0.2) is 0 Å². The molecule has 1 aromatic rings.